The highest BCUT2D eigenvalue weighted by Gasteiger charge is 2.14. The van der Waals surface area contributed by atoms with Gasteiger partial charge in [-0.25, -0.2) is 0 Å². The van der Waals surface area contributed by atoms with Crippen molar-refractivity contribution in [2.45, 2.75) is 13.3 Å². The first kappa shape index (κ1) is 15.8. The lowest BCUT2D eigenvalue weighted by atomic mass is 10.3. The molecule has 118 valence electrons. The van der Waals surface area contributed by atoms with Gasteiger partial charge >= 0.3 is 0 Å². The lowest BCUT2D eigenvalue weighted by molar-refractivity contribution is 0.797. The van der Waals surface area contributed by atoms with Gasteiger partial charge in [0.15, 0.2) is 5.65 Å². The largest absolute Gasteiger partial charge is 0.366 e. The Morgan fingerprint density at radius 3 is 2.95 bits per heavy atom. The number of fused-ring (bicyclic) bond motifs is 1. The molecule has 3 heterocycles. The molecule has 6 nitrogen and oxygen atoms in total. The van der Waals surface area contributed by atoms with E-state index < -0.39 is 0 Å². The summed E-state index contributed by atoms with van der Waals surface area (Å²) in [5, 5.41) is 12.9. The highest BCUT2D eigenvalue weighted by molar-refractivity contribution is 9.13. The molecular weight excluding hydrogens is 432 g/mol. The summed E-state index contributed by atoms with van der Waals surface area (Å²) in [5.74, 6) is 0.753. The molecule has 2 N–H and O–H groups in total. The fourth-order valence-electron chi connectivity index (χ4n) is 2.22. The van der Waals surface area contributed by atoms with Gasteiger partial charge in [-0.05, 0) is 50.8 Å². The van der Waals surface area contributed by atoms with Crippen LogP contribution in [0.1, 0.15) is 12.0 Å². The Morgan fingerprint density at radius 1 is 1.45 bits per heavy atom. The van der Waals surface area contributed by atoms with E-state index >= 15 is 0 Å². The van der Waals surface area contributed by atoms with Crippen molar-refractivity contribution in [1.82, 2.24) is 19.8 Å². The van der Waals surface area contributed by atoms with Crippen molar-refractivity contribution in [2.75, 3.05) is 30.4 Å². The lowest BCUT2D eigenvalue weighted by Gasteiger charge is -2.18. The molecule has 0 saturated heterocycles. The normalized spacial score (nSPS) is 11.3. The van der Waals surface area contributed by atoms with Gasteiger partial charge in [-0.15, -0.1) is 21.1 Å². The molecule has 0 spiro atoms. The van der Waals surface area contributed by atoms with Gasteiger partial charge in [-0.3, -0.25) is 0 Å². The van der Waals surface area contributed by atoms with Crippen LogP contribution in [0, 0.1) is 6.92 Å². The molecule has 0 amide bonds. The predicted octanol–water partition coefficient (Wildman–Crippen LogP) is 3.89. The predicted molar refractivity (Wildman–Crippen MR) is 98.2 cm³/mol. The summed E-state index contributed by atoms with van der Waals surface area (Å²) in [6.45, 7) is 3.97. The van der Waals surface area contributed by atoms with Crippen LogP contribution >= 0.6 is 43.2 Å². The van der Waals surface area contributed by atoms with Gasteiger partial charge in [0.25, 0.3) is 0 Å². The Labute approximate surface area is 149 Å². The van der Waals surface area contributed by atoms with Crippen LogP contribution in [0.25, 0.3) is 5.65 Å². The molecule has 0 unspecified atom stereocenters. The molecule has 3 aromatic rings. The van der Waals surface area contributed by atoms with Crippen molar-refractivity contribution in [2.24, 2.45) is 0 Å². The van der Waals surface area contributed by atoms with Gasteiger partial charge < -0.3 is 15.2 Å². The van der Waals surface area contributed by atoms with Gasteiger partial charge in [-0.2, -0.15) is 5.10 Å². The first-order valence-corrected chi connectivity index (χ1v) is 9.26. The Bertz CT molecular complexity index is 748. The topological polar surface area (TPSA) is 61.2 Å². The van der Waals surface area contributed by atoms with E-state index in [9.17, 15) is 0 Å². The van der Waals surface area contributed by atoms with E-state index in [1.165, 1.54) is 10.6 Å². The van der Waals surface area contributed by atoms with Crippen LogP contribution in [0.4, 0.5) is 10.9 Å². The summed E-state index contributed by atoms with van der Waals surface area (Å²) in [6.07, 6.45) is 2.74. The smallest absolute Gasteiger partial charge is 0.222 e. The van der Waals surface area contributed by atoms with E-state index in [4.69, 9.17) is 0 Å². The summed E-state index contributed by atoms with van der Waals surface area (Å²) in [6, 6.07) is 1.89. The van der Waals surface area contributed by atoms with Crippen molar-refractivity contribution in [3.63, 3.8) is 0 Å². The average molecular weight is 448 g/mol. The van der Waals surface area contributed by atoms with E-state index in [-0.39, 0.29) is 0 Å². The molecule has 3 aromatic heterocycles. The number of thiophene rings is 1. The first-order chi connectivity index (χ1) is 10.6. The van der Waals surface area contributed by atoms with Crippen LogP contribution in [-0.4, -0.2) is 39.9 Å². The van der Waals surface area contributed by atoms with Gasteiger partial charge in [-0.1, -0.05) is 0 Å². The molecule has 0 atom stereocenters. The zero-order valence-electron chi connectivity index (χ0n) is 12.2. The van der Waals surface area contributed by atoms with Crippen LogP contribution in [0.15, 0.2) is 20.5 Å². The van der Waals surface area contributed by atoms with Crippen LogP contribution in [0.3, 0.4) is 0 Å². The lowest BCUT2D eigenvalue weighted by Crippen LogP contribution is -2.20. The van der Waals surface area contributed by atoms with E-state index in [2.05, 4.69) is 71.2 Å². The Kier molecular flexibility index (Phi) is 4.74. The average Bonchev–Trinajstić information content (AvgIpc) is 3.13. The quantitative estimate of drug-likeness (QED) is 0.562. The second kappa shape index (κ2) is 6.59. The number of aromatic nitrogens is 4. The number of H-pyrrole nitrogens is 1. The molecule has 0 aliphatic carbocycles. The Hall–Kier alpha value is -1.06. The maximum Gasteiger partial charge on any atom is 0.222 e. The van der Waals surface area contributed by atoms with Crippen molar-refractivity contribution in [3.05, 3.63) is 26.1 Å². The minimum absolute atomic E-state index is 0.753. The van der Waals surface area contributed by atoms with Crippen LogP contribution in [0.5, 0.6) is 0 Å². The zero-order chi connectivity index (χ0) is 15.7. The summed E-state index contributed by atoms with van der Waals surface area (Å²) in [4.78, 5) is 5.45. The standard InChI is InChI=1S/C13H16Br2N6S/c1-8-10(14)11(15)22-12(8)20(2)7-3-5-16-13-18-9-4-6-17-21(9)19-13/h4,6H,3,5,7H2,1-2H3,(H2,16,18,19). The highest BCUT2D eigenvalue weighted by Crippen LogP contribution is 2.41. The molecule has 0 fully saturated rings. The summed E-state index contributed by atoms with van der Waals surface area (Å²) in [7, 11) is 2.12. The van der Waals surface area contributed by atoms with Crippen LogP contribution < -0.4 is 10.2 Å². The summed E-state index contributed by atoms with van der Waals surface area (Å²) >= 11 is 8.92. The monoisotopic (exact) mass is 446 g/mol. The van der Waals surface area contributed by atoms with Crippen molar-refractivity contribution >= 4 is 59.8 Å². The number of halogens is 2. The molecule has 0 aliphatic heterocycles. The maximum atomic E-state index is 4.29. The number of nitrogens with one attached hydrogen (secondary N) is 2. The van der Waals surface area contributed by atoms with Crippen LogP contribution in [0.2, 0.25) is 0 Å². The Morgan fingerprint density at radius 2 is 2.27 bits per heavy atom. The van der Waals surface area contributed by atoms with E-state index in [1.807, 2.05) is 6.07 Å². The third kappa shape index (κ3) is 3.16. The molecule has 0 radical (unpaired) electrons. The number of rotatable bonds is 6. The molecule has 0 saturated carbocycles. The second-order valence-electron chi connectivity index (χ2n) is 5.00. The minimum Gasteiger partial charge on any atom is -0.366 e. The van der Waals surface area contributed by atoms with Crippen molar-refractivity contribution < 1.29 is 0 Å². The second-order valence-corrected chi connectivity index (χ2v) is 8.11. The zero-order valence-corrected chi connectivity index (χ0v) is 16.2. The first-order valence-electron chi connectivity index (χ1n) is 6.85. The van der Waals surface area contributed by atoms with Crippen LogP contribution in [-0.2, 0) is 0 Å². The Balaban J connectivity index is 1.50. The molecule has 0 aromatic carbocycles. The molecule has 0 bridgehead atoms. The number of hydrogen-bond acceptors (Lipinski definition) is 5. The van der Waals surface area contributed by atoms with E-state index in [0.717, 1.165) is 39.4 Å². The van der Waals surface area contributed by atoms with E-state index in [0.29, 0.717) is 0 Å². The fourth-order valence-corrected chi connectivity index (χ4v) is 4.46. The maximum absolute atomic E-state index is 4.29. The van der Waals surface area contributed by atoms with Gasteiger partial charge in [0.1, 0.15) is 0 Å². The minimum atomic E-state index is 0.753. The third-order valence-corrected chi connectivity index (χ3v) is 7.25. The van der Waals surface area contributed by atoms with Crippen molar-refractivity contribution in [3.8, 4) is 0 Å². The summed E-state index contributed by atoms with van der Waals surface area (Å²) < 4.78 is 3.87. The molecule has 0 aliphatic rings. The molecule has 3 rings (SSSR count). The number of anilines is 2. The van der Waals surface area contributed by atoms with Gasteiger partial charge in [0.05, 0.1) is 15.0 Å². The van der Waals surface area contributed by atoms with Gasteiger partial charge in [0.2, 0.25) is 5.95 Å². The SMILES string of the molecule is Cc1c(N(C)CCCNc2nn3nccc3[nH]2)sc(Br)c1Br. The number of nitrogens with zero attached hydrogens (tertiary/aromatic N) is 4. The number of aromatic amines is 1. The molecule has 9 heteroatoms. The van der Waals surface area contributed by atoms with E-state index in [1.54, 1.807) is 22.2 Å². The fraction of sp³-hybridized carbons (Fsp3) is 0.385. The summed E-state index contributed by atoms with van der Waals surface area (Å²) in [5.41, 5.74) is 2.17. The highest BCUT2D eigenvalue weighted by atomic mass is 79.9. The molecular formula is C13H16Br2N6S. The van der Waals surface area contributed by atoms with Gasteiger partial charge in [0, 0.05) is 30.7 Å². The molecule has 22 heavy (non-hydrogen) atoms. The third-order valence-electron chi connectivity index (χ3n) is 3.38. The van der Waals surface area contributed by atoms with Crippen molar-refractivity contribution in [1.29, 1.82) is 0 Å². The number of hydrogen-bond donors (Lipinski definition) is 2.